The van der Waals surface area contributed by atoms with Gasteiger partial charge in [-0.1, -0.05) is 12.2 Å². The molecule has 1 aliphatic rings. The van der Waals surface area contributed by atoms with Crippen LogP contribution in [0.25, 0.3) is 0 Å². The van der Waals surface area contributed by atoms with Crippen LogP contribution >= 0.6 is 0 Å². The van der Waals surface area contributed by atoms with E-state index in [0.717, 1.165) is 0 Å². The Morgan fingerprint density at radius 1 is 1.17 bits per heavy atom. The van der Waals surface area contributed by atoms with Crippen molar-refractivity contribution in [1.29, 1.82) is 0 Å². The van der Waals surface area contributed by atoms with Crippen molar-refractivity contribution in [3.05, 3.63) is 12.2 Å². The molecule has 2 radical (unpaired) electrons. The summed E-state index contributed by atoms with van der Waals surface area (Å²) in [5.74, 6) is 0. The van der Waals surface area contributed by atoms with Gasteiger partial charge in [-0.25, -0.2) is 0 Å². The van der Waals surface area contributed by atoms with E-state index in [4.69, 9.17) is 3.08 Å². The zero-order valence-electron chi connectivity index (χ0n) is 3.48. The molecule has 0 atom stereocenters. The van der Waals surface area contributed by atoms with Gasteiger partial charge in [-0.3, -0.25) is 0 Å². The zero-order valence-corrected chi connectivity index (χ0v) is 6.33. The fourth-order valence-electron chi connectivity index (χ4n) is 0.167. The van der Waals surface area contributed by atoms with Gasteiger partial charge in [0.2, 0.25) is 0 Å². The summed E-state index contributed by atoms with van der Waals surface area (Å²) in [6, 6.07) is 0. The quantitative estimate of drug-likeness (QED) is 0.407. The molecule has 1 rings (SSSR count). The van der Waals surface area contributed by atoms with Crippen molar-refractivity contribution in [2.45, 2.75) is 12.8 Å². The van der Waals surface area contributed by atoms with E-state index >= 15 is 0 Å². The molecule has 0 aliphatic heterocycles. The van der Waals surface area contributed by atoms with Gasteiger partial charge in [-0.05, 0) is 12.8 Å². The third kappa shape index (κ3) is 2.57. The summed E-state index contributed by atoms with van der Waals surface area (Å²) >= 11 is 0.300. The maximum absolute atomic E-state index is 8.34. The van der Waals surface area contributed by atoms with Crippen LogP contribution in [0.1, 0.15) is 12.8 Å². The van der Waals surface area contributed by atoms with E-state index in [2.05, 4.69) is 12.2 Å². The van der Waals surface area contributed by atoms with Gasteiger partial charge in [0.15, 0.2) is 0 Å². The van der Waals surface area contributed by atoms with Crippen molar-refractivity contribution in [1.82, 2.24) is 0 Å². The van der Waals surface area contributed by atoms with Crippen molar-refractivity contribution >= 4 is 22.5 Å². The summed E-state index contributed by atoms with van der Waals surface area (Å²) < 4.78 is 8.34. The van der Waals surface area contributed by atoms with Crippen LogP contribution in [0, 0.1) is 0 Å². The average molecular weight is 189 g/mol. The topological polar surface area (TPSA) is 17.1 Å². The van der Waals surface area contributed by atoms with Gasteiger partial charge >= 0.3 is 25.6 Å². The van der Waals surface area contributed by atoms with E-state index in [9.17, 15) is 0 Å². The van der Waals surface area contributed by atoms with Crippen molar-refractivity contribution < 1.29 is 3.08 Å². The first-order valence-electron chi connectivity index (χ1n) is 1.85. The Kier molecular flexibility index (Phi) is 5.64. The second-order valence-electron chi connectivity index (χ2n) is 1.05. The molecule has 32 valence electrons. The molecule has 0 saturated carbocycles. The molecule has 0 aromatic heterocycles. The molecule has 0 N–H and O–H groups in total. The standard InChI is InChI=1S/C4H6.O.Sn/c1-2-4-3-1;;/h1-2H,3-4H2;;. The van der Waals surface area contributed by atoms with Gasteiger partial charge in [0.25, 0.3) is 0 Å². The molecular weight excluding hydrogens is 183 g/mol. The Balaban J connectivity index is 0.000000112. The molecule has 0 fully saturated rings. The van der Waals surface area contributed by atoms with Crippen molar-refractivity contribution in [2.75, 3.05) is 0 Å². The monoisotopic (exact) mass is 190 g/mol. The first kappa shape index (κ1) is 6.34. The van der Waals surface area contributed by atoms with Gasteiger partial charge in [0, 0.05) is 0 Å². The van der Waals surface area contributed by atoms with E-state index in [0.29, 0.717) is 22.5 Å². The summed E-state index contributed by atoms with van der Waals surface area (Å²) in [5.41, 5.74) is 0. The van der Waals surface area contributed by atoms with Crippen LogP contribution in [-0.2, 0) is 3.08 Å². The molecule has 1 nitrogen and oxygen atoms in total. The van der Waals surface area contributed by atoms with Crippen molar-refractivity contribution in [3.63, 3.8) is 0 Å². The third-order valence-electron chi connectivity index (χ3n) is 0.667. The minimum atomic E-state index is 0.300. The van der Waals surface area contributed by atoms with Crippen LogP contribution in [0.4, 0.5) is 0 Å². The van der Waals surface area contributed by atoms with Crippen LogP contribution in [0.2, 0.25) is 0 Å². The maximum atomic E-state index is 8.34. The molecule has 0 saturated heterocycles. The van der Waals surface area contributed by atoms with Gasteiger partial charge in [-0.2, -0.15) is 0 Å². The molecule has 0 aromatic carbocycles. The molecule has 0 unspecified atom stereocenters. The van der Waals surface area contributed by atoms with Gasteiger partial charge < -0.3 is 0 Å². The first-order chi connectivity index (χ1) is 3.00. The Morgan fingerprint density at radius 2 is 1.33 bits per heavy atom. The normalized spacial score (nSPS) is 14.0. The minimum absolute atomic E-state index is 0.300. The Morgan fingerprint density at radius 3 is 1.33 bits per heavy atom. The van der Waals surface area contributed by atoms with Crippen LogP contribution in [0.15, 0.2) is 12.2 Å². The number of allylic oxidation sites excluding steroid dienone is 2. The van der Waals surface area contributed by atoms with Gasteiger partial charge in [-0.15, -0.1) is 0 Å². The average Bonchev–Trinajstić information content (AvgIpc) is 1.36. The van der Waals surface area contributed by atoms with Crippen LogP contribution in [0.3, 0.4) is 0 Å². The van der Waals surface area contributed by atoms with Crippen molar-refractivity contribution in [2.24, 2.45) is 0 Å². The SMILES string of the molecule is C1=CCC1.[O]=[Sn]. The summed E-state index contributed by atoms with van der Waals surface area (Å²) in [7, 11) is 0. The molecule has 0 bridgehead atoms. The Bertz CT molecular complexity index is 45.5. The number of rotatable bonds is 0. The summed E-state index contributed by atoms with van der Waals surface area (Å²) in [4.78, 5) is 0. The molecule has 0 aromatic rings. The van der Waals surface area contributed by atoms with E-state index in [1.54, 1.807) is 0 Å². The molecule has 2 heteroatoms. The fraction of sp³-hybridized carbons (Fsp3) is 0.500. The molecule has 0 amide bonds. The zero-order chi connectivity index (χ0) is 4.83. The Hall–Kier alpha value is 0.339. The van der Waals surface area contributed by atoms with Crippen LogP contribution in [-0.4, -0.2) is 22.5 Å². The van der Waals surface area contributed by atoms with Gasteiger partial charge in [0.05, 0.1) is 0 Å². The molecule has 1 aliphatic carbocycles. The predicted molar refractivity (Wildman–Crippen MR) is 24.8 cm³/mol. The summed E-state index contributed by atoms with van der Waals surface area (Å²) in [6.45, 7) is 0. The van der Waals surface area contributed by atoms with Crippen LogP contribution < -0.4 is 0 Å². The summed E-state index contributed by atoms with van der Waals surface area (Å²) in [5, 5.41) is 0. The molecule has 6 heavy (non-hydrogen) atoms. The van der Waals surface area contributed by atoms with Gasteiger partial charge in [0.1, 0.15) is 0 Å². The molecular formula is C4H6OSn. The second-order valence-corrected chi connectivity index (χ2v) is 1.05. The second kappa shape index (κ2) is 5.34. The summed E-state index contributed by atoms with van der Waals surface area (Å²) in [6.07, 6.45) is 7.00. The third-order valence-corrected chi connectivity index (χ3v) is 0.667. The van der Waals surface area contributed by atoms with E-state index in [1.807, 2.05) is 0 Å². The van der Waals surface area contributed by atoms with E-state index < -0.39 is 0 Å². The van der Waals surface area contributed by atoms with Crippen molar-refractivity contribution in [3.8, 4) is 0 Å². The molecule has 0 heterocycles. The Labute approximate surface area is 50.9 Å². The van der Waals surface area contributed by atoms with E-state index in [1.165, 1.54) is 12.8 Å². The number of hydrogen-bond acceptors (Lipinski definition) is 1. The van der Waals surface area contributed by atoms with Crippen LogP contribution in [0.5, 0.6) is 0 Å². The predicted octanol–water partition coefficient (Wildman–Crippen LogP) is 0.837. The van der Waals surface area contributed by atoms with E-state index in [-0.39, 0.29) is 0 Å². The number of hydrogen-bond donors (Lipinski definition) is 0. The fourth-order valence-corrected chi connectivity index (χ4v) is 0.167. The molecule has 0 spiro atoms. The first-order valence-corrected chi connectivity index (χ1v) is 3.02.